The van der Waals surface area contributed by atoms with Crippen molar-refractivity contribution in [2.24, 2.45) is 0 Å². The molecule has 0 atom stereocenters. The lowest BCUT2D eigenvalue weighted by molar-refractivity contribution is -0.114. The highest BCUT2D eigenvalue weighted by atomic mass is 16.5. The molecule has 1 aliphatic heterocycles. The maximum absolute atomic E-state index is 11.4. The molecule has 0 spiro atoms. The number of carbonyl (C=O) groups excluding carboxylic acids is 1. The average molecular weight is 297 g/mol. The highest BCUT2D eigenvalue weighted by molar-refractivity contribution is 5.94. The van der Waals surface area contributed by atoms with E-state index in [0.29, 0.717) is 24.5 Å². The predicted molar refractivity (Wildman–Crippen MR) is 82.3 cm³/mol. The molecule has 0 bridgehead atoms. The standard InChI is InChI=1S/C17H15NO4/c1-10(19)18-14-4-2-3-11(8-14)13-7-12-5-6-22-16(12)15(9-13)17(20)21/h2-4,7-9H,5-6H2,1H3,(H,18,19)(H,20,21). The van der Waals surface area contributed by atoms with E-state index in [2.05, 4.69) is 5.32 Å². The zero-order valence-electron chi connectivity index (χ0n) is 12.1. The van der Waals surface area contributed by atoms with Crippen molar-refractivity contribution >= 4 is 17.6 Å². The van der Waals surface area contributed by atoms with Crippen LogP contribution in [0.2, 0.25) is 0 Å². The summed E-state index contributed by atoms with van der Waals surface area (Å²) in [5, 5.41) is 12.1. The van der Waals surface area contributed by atoms with Crippen LogP contribution in [-0.2, 0) is 11.2 Å². The van der Waals surface area contributed by atoms with Gasteiger partial charge in [-0.25, -0.2) is 4.79 Å². The second-order valence-electron chi connectivity index (χ2n) is 5.18. The molecule has 5 heteroatoms. The number of hydrogen-bond donors (Lipinski definition) is 2. The maximum atomic E-state index is 11.4. The fraction of sp³-hybridized carbons (Fsp3) is 0.176. The van der Waals surface area contributed by atoms with Crippen LogP contribution in [-0.4, -0.2) is 23.6 Å². The number of hydrogen-bond acceptors (Lipinski definition) is 3. The Bertz CT molecular complexity index is 767. The van der Waals surface area contributed by atoms with Gasteiger partial charge in [0.1, 0.15) is 11.3 Å². The number of benzene rings is 2. The van der Waals surface area contributed by atoms with E-state index in [1.165, 1.54) is 6.92 Å². The minimum Gasteiger partial charge on any atom is -0.492 e. The van der Waals surface area contributed by atoms with Crippen LogP contribution in [0.5, 0.6) is 5.75 Å². The Labute approximate surface area is 127 Å². The number of carboxylic acids is 1. The van der Waals surface area contributed by atoms with Crippen LogP contribution in [0, 0.1) is 0 Å². The van der Waals surface area contributed by atoms with Gasteiger partial charge in [-0.2, -0.15) is 0 Å². The molecule has 0 radical (unpaired) electrons. The van der Waals surface area contributed by atoms with Gasteiger partial charge in [0.05, 0.1) is 6.61 Å². The fourth-order valence-corrected chi connectivity index (χ4v) is 2.61. The van der Waals surface area contributed by atoms with E-state index in [0.717, 1.165) is 16.7 Å². The van der Waals surface area contributed by atoms with Crippen molar-refractivity contribution in [2.45, 2.75) is 13.3 Å². The van der Waals surface area contributed by atoms with Gasteiger partial charge in [-0.05, 0) is 41.0 Å². The van der Waals surface area contributed by atoms with E-state index < -0.39 is 5.97 Å². The molecule has 5 nitrogen and oxygen atoms in total. The van der Waals surface area contributed by atoms with E-state index in [9.17, 15) is 14.7 Å². The molecule has 0 aromatic heterocycles. The first kappa shape index (κ1) is 14.1. The lowest BCUT2D eigenvalue weighted by Crippen LogP contribution is -2.05. The molecule has 2 N–H and O–H groups in total. The normalized spacial score (nSPS) is 12.4. The van der Waals surface area contributed by atoms with E-state index >= 15 is 0 Å². The van der Waals surface area contributed by atoms with Crippen molar-refractivity contribution in [2.75, 3.05) is 11.9 Å². The fourth-order valence-electron chi connectivity index (χ4n) is 2.61. The van der Waals surface area contributed by atoms with Crippen LogP contribution in [0.25, 0.3) is 11.1 Å². The Morgan fingerprint density at radius 1 is 1.18 bits per heavy atom. The summed E-state index contributed by atoms with van der Waals surface area (Å²) in [7, 11) is 0. The van der Waals surface area contributed by atoms with Crippen molar-refractivity contribution in [1.82, 2.24) is 0 Å². The summed E-state index contributed by atoms with van der Waals surface area (Å²) in [6, 6.07) is 10.9. The largest absolute Gasteiger partial charge is 0.492 e. The zero-order chi connectivity index (χ0) is 15.7. The molecule has 1 aliphatic rings. The van der Waals surface area contributed by atoms with Crippen molar-refractivity contribution in [3.63, 3.8) is 0 Å². The van der Waals surface area contributed by atoms with Crippen LogP contribution < -0.4 is 10.1 Å². The van der Waals surface area contributed by atoms with Gasteiger partial charge < -0.3 is 15.2 Å². The Hall–Kier alpha value is -2.82. The minimum atomic E-state index is -1.00. The van der Waals surface area contributed by atoms with Gasteiger partial charge in [0.2, 0.25) is 5.91 Å². The summed E-state index contributed by atoms with van der Waals surface area (Å²) in [5.74, 6) is -0.682. The molecule has 0 saturated carbocycles. The van der Waals surface area contributed by atoms with Gasteiger partial charge in [0.15, 0.2) is 0 Å². The summed E-state index contributed by atoms with van der Waals surface area (Å²) in [4.78, 5) is 22.6. The Morgan fingerprint density at radius 2 is 2.00 bits per heavy atom. The SMILES string of the molecule is CC(=O)Nc1cccc(-c2cc3c(c(C(=O)O)c2)OCC3)c1. The van der Waals surface area contributed by atoms with Gasteiger partial charge in [-0.1, -0.05) is 12.1 Å². The van der Waals surface area contributed by atoms with Crippen molar-refractivity contribution in [3.05, 3.63) is 47.5 Å². The third-order valence-electron chi connectivity index (χ3n) is 3.53. The van der Waals surface area contributed by atoms with Gasteiger partial charge >= 0.3 is 5.97 Å². The molecule has 22 heavy (non-hydrogen) atoms. The summed E-state index contributed by atoms with van der Waals surface area (Å²) >= 11 is 0. The number of fused-ring (bicyclic) bond motifs is 1. The quantitative estimate of drug-likeness (QED) is 0.913. The van der Waals surface area contributed by atoms with Crippen LogP contribution >= 0.6 is 0 Å². The summed E-state index contributed by atoms with van der Waals surface area (Å²) in [6.45, 7) is 1.95. The monoisotopic (exact) mass is 297 g/mol. The zero-order valence-corrected chi connectivity index (χ0v) is 12.1. The molecule has 112 valence electrons. The van der Waals surface area contributed by atoms with Crippen molar-refractivity contribution < 1.29 is 19.4 Å². The van der Waals surface area contributed by atoms with Crippen LogP contribution in [0.3, 0.4) is 0 Å². The number of rotatable bonds is 3. The Morgan fingerprint density at radius 3 is 2.73 bits per heavy atom. The number of carbonyl (C=O) groups is 2. The highest BCUT2D eigenvalue weighted by Gasteiger charge is 2.22. The molecular formula is C17H15NO4. The van der Waals surface area contributed by atoms with Gasteiger partial charge in [0, 0.05) is 19.0 Å². The van der Waals surface area contributed by atoms with Crippen molar-refractivity contribution in [3.8, 4) is 16.9 Å². The molecule has 1 heterocycles. The Balaban J connectivity index is 2.07. The summed E-state index contributed by atoms with van der Waals surface area (Å²) in [5.41, 5.74) is 3.41. The third-order valence-corrected chi connectivity index (χ3v) is 3.53. The smallest absolute Gasteiger partial charge is 0.339 e. The summed E-state index contributed by atoms with van der Waals surface area (Å²) in [6.07, 6.45) is 0.703. The maximum Gasteiger partial charge on any atom is 0.339 e. The number of carboxylic acid groups (broad SMARTS) is 1. The first-order valence-corrected chi connectivity index (χ1v) is 6.95. The molecule has 1 amide bonds. The Kier molecular flexibility index (Phi) is 3.55. The number of anilines is 1. The molecule has 3 rings (SSSR count). The molecule has 0 aliphatic carbocycles. The number of aromatic carboxylic acids is 1. The highest BCUT2D eigenvalue weighted by Crippen LogP contribution is 2.35. The van der Waals surface area contributed by atoms with Gasteiger partial charge in [-0.15, -0.1) is 0 Å². The number of ether oxygens (including phenoxy) is 1. The average Bonchev–Trinajstić information content (AvgIpc) is 2.93. The summed E-state index contributed by atoms with van der Waals surface area (Å²) < 4.78 is 5.42. The molecule has 2 aromatic rings. The van der Waals surface area contributed by atoms with Gasteiger partial charge in [-0.3, -0.25) is 4.79 Å². The van der Waals surface area contributed by atoms with Crippen LogP contribution in [0.15, 0.2) is 36.4 Å². The minimum absolute atomic E-state index is 0.147. The van der Waals surface area contributed by atoms with Crippen LogP contribution in [0.4, 0.5) is 5.69 Å². The first-order valence-electron chi connectivity index (χ1n) is 6.95. The third kappa shape index (κ3) is 2.65. The van der Waals surface area contributed by atoms with E-state index in [4.69, 9.17) is 4.74 Å². The van der Waals surface area contributed by atoms with E-state index in [1.807, 2.05) is 24.3 Å². The van der Waals surface area contributed by atoms with E-state index in [-0.39, 0.29) is 11.5 Å². The lowest BCUT2D eigenvalue weighted by atomic mass is 9.98. The number of nitrogens with one attached hydrogen (secondary N) is 1. The van der Waals surface area contributed by atoms with E-state index in [1.54, 1.807) is 12.1 Å². The van der Waals surface area contributed by atoms with Crippen LogP contribution in [0.1, 0.15) is 22.8 Å². The second kappa shape index (κ2) is 5.52. The second-order valence-corrected chi connectivity index (χ2v) is 5.18. The van der Waals surface area contributed by atoms with Crippen molar-refractivity contribution in [1.29, 1.82) is 0 Å². The predicted octanol–water partition coefficient (Wildman–Crippen LogP) is 2.95. The van der Waals surface area contributed by atoms with Gasteiger partial charge in [0.25, 0.3) is 0 Å². The molecule has 2 aromatic carbocycles. The number of amides is 1. The topological polar surface area (TPSA) is 75.6 Å². The first-order chi connectivity index (χ1) is 10.5. The molecule has 0 fully saturated rings. The molecule has 0 saturated heterocycles. The molecule has 0 unspecified atom stereocenters. The lowest BCUT2D eigenvalue weighted by Gasteiger charge is -2.10. The molecular weight excluding hydrogens is 282 g/mol.